The van der Waals surface area contributed by atoms with Crippen molar-refractivity contribution >= 4 is 17.5 Å². The van der Waals surface area contributed by atoms with E-state index in [9.17, 15) is 10.1 Å². The second kappa shape index (κ2) is 6.66. The molecule has 8 heteroatoms. The SMILES string of the molecule is CNc1nc(C)c([N+](=O)[O-])c(N(C)CCN2CCCC2)n1. The van der Waals surface area contributed by atoms with Crippen molar-refractivity contribution in [3.05, 3.63) is 15.8 Å². The summed E-state index contributed by atoms with van der Waals surface area (Å²) in [5, 5.41) is 14.1. The number of nitro groups is 1. The molecule has 8 nitrogen and oxygen atoms in total. The van der Waals surface area contributed by atoms with E-state index in [1.807, 2.05) is 11.9 Å². The molecule has 0 saturated carbocycles. The first-order chi connectivity index (χ1) is 10.0. The molecule has 2 rings (SSSR count). The number of likely N-dealkylation sites (tertiary alicyclic amines) is 1. The first-order valence-corrected chi connectivity index (χ1v) is 7.17. The normalized spacial score (nSPS) is 15.2. The van der Waals surface area contributed by atoms with Crippen molar-refractivity contribution in [3.8, 4) is 0 Å². The molecule has 0 bridgehead atoms. The maximum atomic E-state index is 11.3. The Bertz CT molecular complexity index is 516. The number of hydrogen-bond acceptors (Lipinski definition) is 7. The predicted molar refractivity (Wildman–Crippen MR) is 81.9 cm³/mol. The van der Waals surface area contributed by atoms with Crippen LogP contribution in [0.4, 0.5) is 17.5 Å². The minimum atomic E-state index is -0.406. The van der Waals surface area contributed by atoms with Gasteiger partial charge in [0.1, 0.15) is 5.69 Å². The highest BCUT2D eigenvalue weighted by Crippen LogP contribution is 2.28. The number of likely N-dealkylation sites (N-methyl/N-ethyl adjacent to an activating group) is 1. The van der Waals surface area contributed by atoms with Gasteiger partial charge in [-0.2, -0.15) is 4.98 Å². The Morgan fingerprint density at radius 1 is 1.38 bits per heavy atom. The third-order valence-electron chi connectivity index (χ3n) is 3.76. The molecule has 1 aliphatic rings. The molecule has 1 fully saturated rings. The predicted octanol–water partition coefficient (Wildman–Crippen LogP) is 1.27. The maximum absolute atomic E-state index is 11.3. The number of rotatable bonds is 6. The van der Waals surface area contributed by atoms with E-state index in [0.29, 0.717) is 24.0 Å². The number of nitrogens with zero attached hydrogens (tertiary/aromatic N) is 5. The molecule has 0 radical (unpaired) electrons. The number of aryl methyl sites for hydroxylation is 1. The van der Waals surface area contributed by atoms with Crippen LogP contribution in [0.5, 0.6) is 0 Å². The highest BCUT2D eigenvalue weighted by atomic mass is 16.6. The van der Waals surface area contributed by atoms with Gasteiger partial charge in [-0.15, -0.1) is 0 Å². The molecule has 1 N–H and O–H groups in total. The standard InChI is InChI=1S/C13H22N6O2/c1-10-11(19(20)21)12(16-13(14-2)15-10)17(3)8-9-18-6-4-5-7-18/h4-9H2,1-3H3,(H,14,15,16). The van der Waals surface area contributed by atoms with Gasteiger partial charge in [0.25, 0.3) is 0 Å². The van der Waals surface area contributed by atoms with Crippen molar-refractivity contribution in [1.29, 1.82) is 0 Å². The van der Waals surface area contributed by atoms with E-state index in [1.165, 1.54) is 12.8 Å². The fourth-order valence-electron chi connectivity index (χ4n) is 2.55. The molecule has 0 atom stereocenters. The molecule has 1 aliphatic heterocycles. The van der Waals surface area contributed by atoms with Gasteiger partial charge in [-0.05, 0) is 32.9 Å². The Labute approximate surface area is 124 Å². The van der Waals surface area contributed by atoms with E-state index in [2.05, 4.69) is 20.2 Å². The number of nitrogens with one attached hydrogen (secondary N) is 1. The van der Waals surface area contributed by atoms with E-state index in [0.717, 1.165) is 19.6 Å². The topological polar surface area (TPSA) is 87.4 Å². The van der Waals surface area contributed by atoms with Crippen LogP contribution in [0.2, 0.25) is 0 Å². The number of anilines is 2. The van der Waals surface area contributed by atoms with Crippen molar-refractivity contribution in [2.24, 2.45) is 0 Å². The summed E-state index contributed by atoms with van der Waals surface area (Å²) in [6.45, 7) is 5.46. The van der Waals surface area contributed by atoms with Gasteiger partial charge < -0.3 is 15.1 Å². The van der Waals surface area contributed by atoms with Gasteiger partial charge >= 0.3 is 5.69 Å². The zero-order valence-corrected chi connectivity index (χ0v) is 12.8. The van der Waals surface area contributed by atoms with E-state index >= 15 is 0 Å². The number of aromatic nitrogens is 2. The second-order valence-corrected chi connectivity index (χ2v) is 5.28. The third-order valence-corrected chi connectivity index (χ3v) is 3.76. The lowest BCUT2D eigenvalue weighted by Gasteiger charge is -2.22. The van der Waals surface area contributed by atoms with Crippen LogP contribution in [0.1, 0.15) is 18.5 Å². The highest BCUT2D eigenvalue weighted by Gasteiger charge is 2.25. The molecule has 21 heavy (non-hydrogen) atoms. The summed E-state index contributed by atoms with van der Waals surface area (Å²) < 4.78 is 0. The smallest absolute Gasteiger partial charge is 0.332 e. The van der Waals surface area contributed by atoms with E-state index < -0.39 is 4.92 Å². The summed E-state index contributed by atoms with van der Waals surface area (Å²) in [6.07, 6.45) is 2.47. The molecule has 0 unspecified atom stereocenters. The Kier molecular flexibility index (Phi) is 4.89. The molecule has 1 aromatic heterocycles. The van der Waals surface area contributed by atoms with E-state index in [4.69, 9.17) is 0 Å². The molecular formula is C13H22N6O2. The lowest BCUT2D eigenvalue weighted by Crippen LogP contribution is -2.32. The second-order valence-electron chi connectivity index (χ2n) is 5.28. The van der Waals surface area contributed by atoms with Gasteiger partial charge in [-0.1, -0.05) is 0 Å². The zero-order chi connectivity index (χ0) is 15.4. The molecule has 1 aromatic rings. The fourth-order valence-corrected chi connectivity index (χ4v) is 2.55. The molecule has 0 amide bonds. The molecule has 2 heterocycles. The summed E-state index contributed by atoms with van der Waals surface area (Å²) in [4.78, 5) is 23.4. The number of hydrogen-bond donors (Lipinski definition) is 1. The molecule has 1 saturated heterocycles. The van der Waals surface area contributed by atoms with Crippen molar-refractivity contribution in [2.75, 3.05) is 50.5 Å². The van der Waals surface area contributed by atoms with Gasteiger partial charge in [0.2, 0.25) is 11.8 Å². The lowest BCUT2D eigenvalue weighted by molar-refractivity contribution is -0.385. The monoisotopic (exact) mass is 294 g/mol. The van der Waals surface area contributed by atoms with Crippen LogP contribution in [0, 0.1) is 17.0 Å². The molecule has 0 aliphatic carbocycles. The van der Waals surface area contributed by atoms with E-state index in [-0.39, 0.29) is 5.69 Å². The Morgan fingerprint density at radius 3 is 2.62 bits per heavy atom. The lowest BCUT2D eigenvalue weighted by atomic mass is 10.3. The minimum absolute atomic E-state index is 0.0158. The molecule has 0 aromatic carbocycles. The minimum Gasteiger partial charge on any atom is -0.357 e. The van der Waals surface area contributed by atoms with Gasteiger partial charge in [0.05, 0.1) is 4.92 Å². The molecular weight excluding hydrogens is 272 g/mol. The zero-order valence-electron chi connectivity index (χ0n) is 12.8. The summed E-state index contributed by atoms with van der Waals surface area (Å²) >= 11 is 0. The van der Waals surface area contributed by atoms with Gasteiger partial charge in [0.15, 0.2) is 0 Å². The third kappa shape index (κ3) is 3.57. The largest absolute Gasteiger partial charge is 0.357 e. The summed E-state index contributed by atoms with van der Waals surface area (Å²) in [7, 11) is 3.54. The van der Waals surface area contributed by atoms with Crippen LogP contribution in [0.25, 0.3) is 0 Å². The van der Waals surface area contributed by atoms with Crippen LogP contribution in [0.15, 0.2) is 0 Å². The molecule has 116 valence electrons. The van der Waals surface area contributed by atoms with Crippen molar-refractivity contribution < 1.29 is 4.92 Å². The van der Waals surface area contributed by atoms with Crippen molar-refractivity contribution in [1.82, 2.24) is 14.9 Å². The van der Waals surface area contributed by atoms with Gasteiger partial charge in [-0.25, -0.2) is 4.98 Å². The summed E-state index contributed by atoms with van der Waals surface area (Å²) in [5.41, 5.74) is 0.361. The first kappa shape index (κ1) is 15.4. The first-order valence-electron chi connectivity index (χ1n) is 7.17. The fraction of sp³-hybridized carbons (Fsp3) is 0.692. The highest BCUT2D eigenvalue weighted by molar-refractivity contribution is 5.62. The average Bonchev–Trinajstić information content (AvgIpc) is 2.96. The van der Waals surface area contributed by atoms with Crippen LogP contribution in [-0.4, -0.2) is 60.1 Å². The van der Waals surface area contributed by atoms with Crippen LogP contribution < -0.4 is 10.2 Å². The maximum Gasteiger partial charge on any atom is 0.332 e. The van der Waals surface area contributed by atoms with Gasteiger partial charge in [-0.3, -0.25) is 10.1 Å². The van der Waals surface area contributed by atoms with Crippen molar-refractivity contribution in [2.45, 2.75) is 19.8 Å². The Morgan fingerprint density at radius 2 is 2.05 bits per heavy atom. The van der Waals surface area contributed by atoms with Gasteiger partial charge in [0, 0.05) is 27.2 Å². The summed E-state index contributed by atoms with van der Waals surface area (Å²) in [6, 6.07) is 0. The molecule has 0 spiro atoms. The summed E-state index contributed by atoms with van der Waals surface area (Å²) in [5.74, 6) is 0.775. The van der Waals surface area contributed by atoms with Crippen molar-refractivity contribution in [3.63, 3.8) is 0 Å². The Hall–Kier alpha value is -1.96. The van der Waals surface area contributed by atoms with Crippen LogP contribution in [0.3, 0.4) is 0 Å². The van der Waals surface area contributed by atoms with E-state index in [1.54, 1.807) is 14.0 Å². The Balaban J connectivity index is 2.18. The quantitative estimate of drug-likeness (QED) is 0.624. The van der Waals surface area contributed by atoms with Crippen LogP contribution >= 0.6 is 0 Å². The average molecular weight is 294 g/mol. The van der Waals surface area contributed by atoms with Crippen LogP contribution in [-0.2, 0) is 0 Å².